The molecule has 0 aliphatic heterocycles. The highest BCUT2D eigenvalue weighted by Crippen LogP contribution is 2.23. The maximum atomic E-state index is 15.1. The molecule has 11 nitrogen and oxygen atoms in total. The second-order valence-electron chi connectivity index (χ2n) is 7.25. The lowest BCUT2D eigenvalue weighted by atomic mass is 10.1. The summed E-state index contributed by atoms with van der Waals surface area (Å²) < 4.78 is 21.8. The molecule has 0 saturated carbocycles. The van der Waals surface area contributed by atoms with Crippen LogP contribution in [0.3, 0.4) is 0 Å². The third-order valence-electron chi connectivity index (χ3n) is 4.86. The van der Waals surface area contributed by atoms with Gasteiger partial charge in [0.2, 0.25) is 5.95 Å². The number of nitrogens with zero attached hydrogens (tertiary/aromatic N) is 5. The van der Waals surface area contributed by atoms with Gasteiger partial charge < -0.3 is 35.6 Å². The molecule has 1 aromatic carbocycles. The number of hydrogen-bond donors (Lipinski definition) is 4. The molecule has 0 radical (unpaired) electrons. The molecule has 0 bridgehead atoms. The molecule has 0 fully saturated rings. The van der Waals surface area contributed by atoms with Gasteiger partial charge in [-0.15, -0.1) is 0 Å². The molecule has 2 heterocycles. The van der Waals surface area contributed by atoms with Gasteiger partial charge in [0, 0.05) is 44.3 Å². The number of benzene rings is 1. The molecule has 12 heteroatoms. The molecule has 34 heavy (non-hydrogen) atoms. The molecule has 0 aliphatic carbocycles. The number of likely N-dealkylation sites (N-methyl/N-ethyl adjacent to an activating group) is 1. The van der Waals surface area contributed by atoms with Crippen LogP contribution in [-0.2, 0) is 22.6 Å². The van der Waals surface area contributed by atoms with E-state index in [1.807, 2.05) is 0 Å². The lowest BCUT2D eigenvalue weighted by Crippen LogP contribution is -2.24. The van der Waals surface area contributed by atoms with Crippen LogP contribution in [0.4, 0.5) is 27.5 Å². The van der Waals surface area contributed by atoms with Gasteiger partial charge in [0.05, 0.1) is 42.9 Å². The zero-order chi connectivity index (χ0) is 24.3. The first-order chi connectivity index (χ1) is 16.5. The van der Waals surface area contributed by atoms with Crippen LogP contribution in [0.1, 0.15) is 11.1 Å². The average Bonchev–Trinajstić information content (AvgIpc) is 3.28. The summed E-state index contributed by atoms with van der Waals surface area (Å²) in [5, 5.41) is 26.8. The maximum absolute atomic E-state index is 15.1. The van der Waals surface area contributed by atoms with Gasteiger partial charge in [0.15, 0.2) is 5.82 Å². The van der Waals surface area contributed by atoms with Crippen LogP contribution >= 0.6 is 0 Å². The maximum Gasteiger partial charge on any atom is 0.229 e. The lowest BCUT2D eigenvalue weighted by Gasteiger charge is -2.21. The number of carbonyl (C=O) groups excluding carboxylic acids is 1. The number of hydrogen-bond acceptors (Lipinski definition) is 10. The molecule has 0 amide bonds. The van der Waals surface area contributed by atoms with E-state index >= 15 is 4.39 Å². The smallest absolute Gasteiger partial charge is 0.229 e. The standard InChI is InChI=1S/C22H27FN8O3/c1-30(6-9-34-10-8-33)19-4-2-3-16(20(19)23)12-25-21-17(11-24)13-26-22(29-21)28-18-14-27-31(15-18)5-7-32/h2-4,8,11,13-15,24,32H,5-7,9-10,12H2,1H3,(H2,25,26,28,29). The van der Waals surface area contributed by atoms with Crippen molar-refractivity contribution >= 4 is 35.6 Å². The first kappa shape index (κ1) is 24.7. The van der Waals surface area contributed by atoms with Crippen molar-refractivity contribution in [3.63, 3.8) is 0 Å². The third-order valence-corrected chi connectivity index (χ3v) is 4.86. The predicted molar refractivity (Wildman–Crippen MR) is 126 cm³/mol. The number of aliphatic hydroxyl groups excluding tert-OH is 1. The summed E-state index contributed by atoms with van der Waals surface area (Å²) in [6.07, 6.45) is 6.57. The number of ether oxygens (including phenoxy) is 1. The fraction of sp³-hybridized carbons (Fsp3) is 0.318. The largest absolute Gasteiger partial charge is 0.394 e. The Morgan fingerprint density at radius 1 is 1.35 bits per heavy atom. The highest BCUT2D eigenvalue weighted by molar-refractivity contribution is 5.84. The van der Waals surface area contributed by atoms with E-state index in [1.54, 1.807) is 47.2 Å². The molecule has 0 spiro atoms. The van der Waals surface area contributed by atoms with Crippen LogP contribution in [0.15, 0.2) is 36.8 Å². The Kier molecular flexibility index (Phi) is 9.00. The molecule has 3 aromatic rings. The van der Waals surface area contributed by atoms with Crippen LogP contribution in [0.5, 0.6) is 0 Å². The van der Waals surface area contributed by atoms with E-state index in [0.29, 0.717) is 54.3 Å². The van der Waals surface area contributed by atoms with Crippen LogP contribution in [0.25, 0.3) is 0 Å². The Morgan fingerprint density at radius 3 is 2.97 bits per heavy atom. The zero-order valence-electron chi connectivity index (χ0n) is 18.7. The predicted octanol–water partition coefficient (Wildman–Crippen LogP) is 1.81. The van der Waals surface area contributed by atoms with Crippen molar-refractivity contribution in [2.45, 2.75) is 13.1 Å². The van der Waals surface area contributed by atoms with Crippen molar-refractivity contribution in [1.82, 2.24) is 19.7 Å². The lowest BCUT2D eigenvalue weighted by molar-refractivity contribution is -0.111. The second kappa shape index (κ2) is 12.4. The van der Waals surface area contributed by atoms with E-state index in [0.717, 1.165) is 6.21 Å². The van der Waals surface area contributed by atoms with Gasteiger partial charge in [-0.3, -0.25) is 4.68 Å². The van der Waals surface area contributed by atoms with Gasteiger partial charge >= 0.3 is 0 Å². The van der Waals surface area contributed by atoms with E-state index < -0.39 is 0 Å². The number of rotatable bonds is 14. The summed E-state index contributed by atoms with van der Waals surface area (Å²) >= 11 is 0. The summed E-state index contributed by atoms with van der Waals surface area (Å²) in [6, 6.07) is 5.10. The summed E-state index contributed by atoms with van der Waals surface area (Å²) in [6.45, 7) is 1.22. The van der Waals surface area contributed by atoms with Crippen molar-refractivity contribution in [3.8, 4) is 0 Å². The van der Waals surface area contributed by atoms with E-state index in [4.69, 9.17) is 15.3 Å². The van der Waals surface area contributed by atoms with Gasteiger partial charge in [-0.1, -0.05) is 12.1 Å². The number of anilines is 4. The second-order valence-corrected chi connectivity index (χ2v) is 7.25. The molecule has 3 rings (SSSR count). The van der Waals surface area contributed by atoms with Crippen LogP contribution in [0, 0.1) is 11.2 Å². The van der Waals surface area contributed by atoms with Crippen LogP contribution in [-0.4, -0.2) is 70.8 Å². The molecule has 4 N–H and O–H groups in total. The summed E-state index contributed by atoms with van der Waals surface area (Å²) in [5.74, 6) is 0.268. The minimum absolute atomic E-state index is 0.0103. The monoisotopic (exact) mass is 470 g/mol. The van der Waals surface area contributed by atoms with Gasteiger partial charge in [0.25, 0.3) is 0 Å². The highest BCUT2D eigenvalue weighted by Gasteiger charge is 2.13. The molecular formula is C22H27FN8O3. The molecule has 0 unspecified atom stereocenters. The van der Waals surface area contributed by atoms with Gasteiger partial charge in [-0.2, -0.15) is 10.1 Å². The van der Waals surface area contributed by atoms with Gasteiger partial charge in [0.1, 0.15) is 18.7 Å². The first-order valence-electron chi connectivity index (χ1n) is 10.6. The molecule has 0 saturated heterocycles. The Morgan fingerprint density at radius 2 is 2.21 bits per heavy atom. The summed E-state index contributed by atoms with van der Waals surface area (Å²) in [5.41, 5.74) is 1.92. The minimum atomic E-state index is -0.381. The van der Waals surface area contributed by atoms with Crippen molar-refractivity contribution in [1.29, 1.82) is 5.41 Å². The first-order valence-corrected chi connectivity index (χ1v) is 10.6. The number of aliphatic hydroxyl groups is 1. The van der Waals surface area contributed by atoms with E-state index in [2.05, 4.69) is 25.7 Å². The minimum Gasteiger partial charge on any atom is -0.394 e. The molecular weight excluding hydrogens is 443 g/mol. The topological polar surface area (TPSA) is 141 Å². The van der Waals surface area contributed by atoms with E-state index in [1.165, 1.54) is 6.20 Å². The highest BCUT2D eigenvalue weighted by atomic mass is 19.1. The Hall–Kier alpha value is -3.90. The quantitative estimate of drug-likeness (QED) is 0.158. The van der Waals surface area contributed by atoms with E-state index in [-0.39, 0.29) is 31.5 Å². The summed E-state index contributed by atoms with van der Waals surface area (Å²) in [4.78, 5) is 20.7. The number of aldehydes is 1. The van der Waals surface area contributed by atoms with Crippen molar-refractivity contribution < 1.29 is 19.0 Å². The number of nitrogens with one attached hydrogen (secondary N) is 3. The number of halogens is 1. The Bertz CT molecular complexity index is 1110. The van der Waals surface area contributed by atoms with Gasteiger partial charge in [-0.25, -0.2) is 9.37 Å². The zero-order valence-corrected chi connectivity index (χ0v) is 18.7. The normalized spacial score (nSPS) is 10.7. The fourth-order valence-electron chi connectivity index (χ4n) is 3.11. The Balaban J connectivity index is 1.69. The van der Waals surface area contributed by atoms with Crippen molar-refractivity contribution in [3.05, 3.63) is 53.7 Å². The average molecular weight is 471 g/mol. The van der Waals surface area contributed by atoms with Gasteiger partial charge in [-0.05, 0) is 6.07 Å². The van der Waals surface area contributed by atoms with Crippen LogP contribution < -0.4 is 15.5 Å². The molecule has 0 aliphatic rings. The van der Waals surface area contributed by atoms with Crippen LogP contribution in [0.2, 0.25) is 0 Å². The Labute approximate surface area is 196 Å². The molecule has 180 valence electrons. The summed E-state index contributed by atoms with van der Waals surface area (Å²) in [7, 11) is 1.75. The molecule has 0 atom stereocenters. The number of aromatic nitrogens is 4. The van der Waals surface area contributed by atoms with Crippen molar-refractivity contribution in [2.75, 3.05) is 48.9 Å². The third kappa shape index (κ3) is 6.56. The SMILES string of the molecule is CN(CCOCC=O)c1cccc(CNc2nc(Nc3cnn(CCO)c3)ncc2C=N)c1F. The number of carbonyl (C=O) groups is 1. The fourth-order valence-corrected chi connectivity index (χ4v) is 3.11. The van der Waals surface area contributed by atoms with Crippen molar-refractivity contribution in [2.24, 2.45) is 0 Å². The molecule has 2 aromatic heterocycles. The van der Waals surface area contributed by atoms with E-state index in [9.17, 15) is 4.79 Å².